The molecule has 93 valence electrons. The fraction of sp³-hybridized carbons (Fsp3) is 0.667. The fourth-order valence-corrected chi connectivity index (χ4v) is 0.884. The average molecular weight is 309 g/mol. The number of nitriles is 3. The number of hydrogen-bond donors (Lipinski definition) is 0. The van der Waals surface area contributed by atoms with Crippen LogP contribution in [0.3, 0.4) is 0 Å². The summed E-state index contributed by atoms with van der Waals surface area (Å²) in [6.07, 6.45) is 7.50. The van der Waals surface area contributed by atoms with Crippen molar-refractivity contribution in [2.75, 3.05) is 0 Å². The third-order valence-electron chi connectivity index (χ3n) is 1.25. The molecule has 0 bridgehead atoms. The Hall–Kier alpha value is -0.907. The molecule has 0 unspecified atom stereocenters. The van der Waals surface area contributed by atoms with Gasteiger partial charge in [-0.1, -0.05) is 32.1 Å². The summed E-state index contributed by atoms with van der Waals surface area (Å²) in [6.45, 7) is 4.29. The summed E-state index contributed by atoms with van der Waals surface area (Å²) in [5.41, 5.74) is 0. The monoisotopic (exact) mass is 310 g/mol. The minimum absolute atomic E-state index is 0. The van der Waals surface area contributed by atoms with Crippen molar-refractivity contribution in [3.63, 3.8) is 0 Å². The van der Waals surface area contributed by atoms with Crippen LogP contribution in [0.2, 0.25) is 0 Å². The Bertz CT molecular complexity index is 156. The van der Waals surface area contributed by atoms with Crippen molar-refractivity contribution >= 4 is 0 Å². The van der Waals surface area contributed by atoms with E-state index in [4.69, 9.17) is 15.8 Å². The van der Waals surface area contributed by atoms with Gasteiger partial charge in [-0.25, -0.2) is 0 Å². The van der Waals surface area contributed by atoms with Gasteiger partial charge in [0.05, 0.1) is 18.2 Å². The van der Waals surface area contributed by atoms with E-state index in [1.54, 1.807) is 18.2 Å². The van der Waals surface area contributed by atoms with Gasteiger partial charge in [0, 0.05) is 20.8 Å². The minimum Gasteiger partial charge on any atom is -0.358 e. The first-order chi connectivity index (χ1) is 6.74. The van der Waals surface area contributed by atoms with Crippen LogP contribution in [0, 0.1) is 41.4 Å². The van der Waals surface area contributed by atoms with Gasteiger partial charge in [-0.2, -0.15) is 15.8 Å². The third-order valence-corrected chi connectivity index (χ3v) is 1.25. The van der Waals surface area contributed by atoms with Crippen LogP contribution in [-0.2, 0) is 19.5 Å². The molecule has 0 aromatic carbocycles. The zero-order valence-electron chi connectivity index (χ0n) is 10.7. The SMILES string of the molecule is C1CCCC1.CC#N.CC#N.CC#N.[CH3-].[Ru+]. The normalized spacial score (nSPS) is 9.00. The molecule has 1 aliphatic rings. The summed E-state index contributed by atoms with van der Waals surface area (Å²) in [5, 5.41) is 22.0. The molecular weight excluding hydrogens is 287 g/mol. The molecule has 0 aromatic heterocycles. The Morgan fingerprint density at radius 1 is 0.625 bits per heavy atom. The summed E-state index contributed by atoms with van der Waals surface area (Å²) in [5.74, 6) is 0. The van der Waals surface area contributed by atoms with Crippen LogP contribution in [0.25, 0.3) is 0 Å². The number of nitrogens with zero attached hydrogens (tertiary/aromatic N) is 3. The Morgan fingerprint density at radius 2 is 0.688 bits per heavy atom. The van der Waals surface area contributed by atoms with Gasteiger partial charge in [0.1, 0.15) is 0 Å². The smallest absolute Gasteiger partial charge is 0.358 e. The van der Waals surface area contributed by atoms with Crippen molar-refractivity contribution in [1.29, 1.82) is 15.8 Å². The molecule has 0 amide bonds. The van der Waals surface area contributed by atoms with E-state index in [0.29, 0.717) is 0 Å². The van der Waals surface area contributed by atoms with Crippen molar-refractivity contribution in [2.24, 2.45) is 0 Å². The molecule has 0 N–H and O–H groups in total. The first kappa shape index (κ1) is 29.4. The van der Waals surface area contributed by atoms with E-state index < -0.39 is 0 Å². The van der Waals surface area contributed by atoms with E-state index in [1.165, 1.54) is 52.9 Å². The molecule has 1 fully saturated rings. The van der Waals surface area contributed by atoms with Gasteiger partial charge in [-0.05, 0) is 0 Å². The van der Waals surface area contributed by atoms with Crippen LogP contribution in [0.15, 0.2) is 0 Å². The van der Waals surface area contributed by atoms with Gasteiger partial charge in [-0.15, -0.1) is 0 Å². The van der Waals surface area contributed by atoms with Gasteiger partial charge in [0.2, 0.25) is 0 Å². The standard InChI is InChI=1S/C5H10.3C2H3N.CH3.Ru/c1-2-4-5-3-1;3*1-2-3;;/h1-5H2;3*1H3;1H3;/q;;;;-1;+1. The second kappa shape index (κ2) is 48.0. The molecule has 1 radical (unpaired) electrons. The van der Waals surface area contributed by atoms with Crippen molar-refractivity contribution in [3.05, 3.63) is 7.43 Å². The molecule has 0 aromatic rings. The average Bonchev–Trinajstić information content (AvgIpc) is 2.63. The first-order valence-electron chi connectivity index (χ1n) is 4.67. The van der Waals surface area contributed by atoms with E-state index in [1.807, 2.05) is 0 Å². The zero-order chi connectivity index (χ0) is 11.7. The van der Waals surface area contributed by atoms with Crippen molar-refractivity contribution in [2.45, 2.75) is 52.9 Å². The second-order valence-electron chi connectivity index (χ2n) is 2.44. The predicted octanol–water partition coefficient (Wildman–Crippen LogP) is 3.99. The molecule has 0 aliphatic heterocycles. The van der Waals surface area contributed by atoms with Gasteiger partial charge < -0.3 is 7.43 Å². The quantitative estimate of drug-likeness (QED) is 0.502. The third kappa shape index (κ3) is 114. The molecule has 0 atom stereocenters. The van der Waals surface area contributed by atoms with Crippen LogP contribution in [-0.4, -0.2) is 0 Å². The van der Waals surface area contributed by atoms with E-state index in [0.717, 1.165) is 0 Å². The van der Waals surface area contributed by atoms with Gasteiger partial charge in [0.25, 0.3) is 0 Å². The summed E-state index contributed by atoms with van der Waals surface area (Å²) in [4.78, 5) is 0. The van der Waals surface area contributed by atoms with Crippen LogP contribution in [0.5, 0.6) is 0 Å². The molecule has 0 saturated heterocycles. The van der Waals surface area contributed by atoms with Crippen LogP contribution in [0.1, 0.15) is 52.9 Å². The molecule has 1 saturated carbocycles. The van der Waals surface area contributed by atoms with Crippen LogP contribution >= 0.6 is 0 Å². The van der Waals surface area contributed by atoms with Crippen LogP contribution in [0.4, 0.5) is 0 Å². The Morgan fingerprint density at radius 3 is 0.750 bits per heavy atom. The molecular formula is C12H22N3Ru. The summed E-state index contributed by atoms with van der Waals surface area (Å²) >= 11 is 0. The summed E-state index contributed by atoms with van der Waals surface area (Å²) < 4.78 is 0. The molecule has 0 spiro atoms. The largest absolute Gasteiger partial charge is 1.00 e. The molecule has 0 heterocycles. The second-order valence-corrected chi connectivity index (χ2v) is 2.44. The van der Waals surface area contributed by atoms with Crippen molar-refractivity contribution < 1.29 is 19.5 Å². The number of hydrogen-bond acceptors (Lipinski definition) is 3. The van der Waals surface area contributed by atoms with E-state index in [9.17, 15) is 0 Å². The maximum Gasteiger partial charge on any atom is 1.00 e. The topological polar surface area (TPSA) is 71.4 Å². The first-order valence-corrected chi connectivity index (χ1v) is 4.67. The van der Waals surface area contributed by atoms with Crippen LogP contribution < -0.4 is 0 Å². The maximum atomic E-state index is 7.32. The zero-order valence-corrected chi connectivity index (χ0v) is 12.5. The summed E-state index contributed by atoms with van der Waals surface area (Å²) in [6, 6.07) is 5.25. The molecule has 1 aliphatic carbocycles. The summed E-state index contributed by atoms with van der Waals surface area (Å²) in [7, 11) is 0. The Balaban J connectivity index is -0.0000000336. The molecule has 1 rings (SSSR count). The van der Waals surface area contributed by atoms with Crippen molar-refractivity contribution in [1.82, 2.24) is 0 Å². The van der Waals surface area contributed by atoms with E-state index in [-0.39, 0.29) is 26.9 Å². The van der Waals surface area contributed by atoms with Gasteiger partial charge in [-0.3, -0.25) is 0 Å². The van der Waals surface area contributed by atoms with Gasteiger partial charge in [0.15, 0.2) is 0 Å². The number of rotatable bonds is 0. The molecule has 3 nitrogen and oxygen atoms in total. The Kier molecular flexibility index (Phi) is 88.3. The minimum atomic E-state index is 0. The predicted molar refractivity (Wildman–Crippen MR) is 63.4 cm³/mol. The fourth-order valence-electron chi connectivity index (χ4n) is 0.884. The van der Waals surface area contributed by atoms with E-state index in [2.05, 4.69) is 0 Å². The van der Waals surface area contributed by atoms with Crippen molar-refractivity contribution in [3.8, 4) is 18.2 Å². The maximum absolute atomic E-state index is 7.32. The van der Waals surface area contributed by atoms with Gasteiger partial charge >= 0.3 is 19.5 Å². The van der Waals surface area contributed by atoms with E-state index >= 15 is 0 Å². The Labute approximate surface area is 114 Å². The molecule has 4 heteroatoms. The molecule has 16 heavy (non-hydrogen) atoms.